The first-order valence-corrected chi connectivity index (χ1v) is 5.98. The van der Waals surface area contributed by atoms with Crippen LogP contribution in [0.15, 0.2) is 36.7 Å². The van der Waals surface area contributed by atoms with Gasteiger partial charge in [0.15, 0.2) is 0 Å². The molecule has 0 aliphatic carbocycles. The van der Waals surface area contributed by atoms with Gasteiger partial charge in [-0.1, -0.05) is 17.7 Å². The highest BCUT2D eigenvalue weighted by molar-refractivity contribution is 6.33. The number of hydrogen-bond donors (Lipinski definition) is 2. The van der Waals surface area contributed by atoms with Crippen LogP contribution in [0, 0.1) is 0 Å². The predicted octanol–water partition coefficient (Wildman–Crippen LogP) is 1.91. The van der Waals surface area contributed by atoms with Crippen LogP contribution in [-0.2, 0) is 0 Å². The van der Waals surface area contributed by atoms with Gasteiger partial charge in [0.05, 0.1) is 16.8 Å². The molecule has 1 aliphatic heterocycles. The highest BCUT2D eigenvalue weighted by atomic mass is 35.5. The summed E-state index contributed by atoms with van der Waals surface area (Å²) in [4.78, 5) is 0. The summed E-state index contributed by atoms with van der Waals surface area (Å²) in [5, 5.41) is 11.6. The third-order valence-electron chi connectivity index (χ3n) is 2.86. The number of anilines is 1. The molecular weight excluding hydrogens is 236 g/mol. The third-order valence-corrected chi connectivity index (χ3v) is 3.17. The van der Waals surface area contributed by atoms with Crippen LogP contribution in [0.25, 0.3) is 5.69 Å². The molecule has 1 fully saturated rings. The SMILES string of the molecule is Clc1cccc(NC2CNC2)c1-n1cccn1. The molecule has 0 amide bonds. The second kappa shape index (κ2) is 4.39. The fourth-order valence-electron chi connectivity index (χ4n) is 1.88. The molecule has 4 nitrogen and oxygen atoms in total. The van der Waals surface area contributed by atoms with E-state index in [2.05, 4.69) is 15.7 Å². The number of nitrogens with zero attached hydrogens (tertiary/aromatic N) is 2. The number of aromatic nitrogens is 2. The number of nitrogens with one attached hydrogen (secondary N) is 2. The molecule has 1 saturated heterocycles. The second-order valence-corrected chi connectivity index (χ2v) is 4.49. The van der Waals surface area contributed by atoms with E-state index in [1.54, 1.807) is 10.9 Å². The third kappa shape index (κ3) is 2.01. The molecule has 17 heavy (non-hydrogen) atoms. The minimum absolute atomic E-state index is 0.475. The van der Waals surface area contributed by atoms with Crippen molar-refractivity contribution in [2.45, 2.75) is 6.04 Å². The molecule has 0 radical (unpaired) electrons. The van der Waals surface area contributed by atoms with E-state index in [1.807, 2.05) is 30.5 Å². The Kier molecular flexibility index (Phi) is 2.74. The van der Waals surface area contributed by atoms with E-state index in [1.165, 1.54) is 0 Å². The highest BCUT2D eigenvalue weighted by Crippen LogP contribution is 2.28. The Morgan fingerprint density at radius 2 is 2.24 bits per heavy atom. The lowest BCUT2D eigenvalue weighted by atomic mass is 10.1. The van der Waals surface area contributed by atoms with E-state index in [0.29, 0.717) is 11.1 Å². The predicted molar refractivity (Wildman–Crippen MR) is 68.9 cm³/mol. The van der Waals surface area contributed by atoms with Gasteiger partial charge in [0.2, 0.25) is 0 Å². The Morgan fingerprint density at radius 3 is 2.88 bits per heavy atom. The summed E-state index contributed by atoms with van der Waals surface area (Å²) in [6.45, 7) is 1.98. The van der Waals surface area contributed by atoms with Crippen molar-refractivity contribution < 1.29 is 0 Å². The lowest BCUT2D eigenvalue weighted by Crippen LogP contribution is -2.51. The molecule has 1 aromatic carbocycles. The lowest BCUT2D eigenvalue weighted by Gasteiger charge is -2.30. The number of rotatable bonds is 3. The first-order chi connectivity index (χ1) is 8.34. The minimum atomic E-state index is 0.475. The molecule has 3 rings (SSSR count). The zero-order valence-electron chi connectivity index (χ0n) is 9.23. The van der Waals surface area contributed by atoms with Gasteiger partial charge in [0, 0.05) is 25.5 Å². The van der Waals surface area contributed by atoms with Crippen molar-refractivity contribution in [1.29, 1.82) is 0 Å². The van der Waals surface area contributed by atoms with Crippen molar-refractivity contribution in [3.8, 4) is 5.69 Å². The average Bonchev–Trinajstić information content (AvgIpc) is 2.76. The Bertz CT molecular complexity index is 505. The van der Waals surface area contributed by atoms with Gasteiger partial charge in [-0.3, -0.25) is 0 Å². The largest absolute Gasteiger partial charge is 0.378 e. The van der Waals surface area contributed by atoms with Crippen LogP contribution in [0.3, 0.4) is 0 Å². The molecule has 2 heterocycles. The second-order valence-electron chi connectivity index (χ2n) is 4.09. The van der Waals surface area contributed by atoms with Gasteiger partial charge in [-0.2, -0.15) is 5.10 Å². The van der Waals surface area contributed by atoms with Crippen molar-refractivity contribution >= 4 is 17.3 Å². The molecule has 0 atom stereocenters. The molecule has 0 spiro atoms. The summed E-state index contributed by atoms with van der Waals surface area (Å²) in [7, 11) is 0. The van der Waals surface area contributed by atoms with Crippen LogP contribution in [0.1, 0.15) is 0 Å². The summed E-state index contributed by atoms with van der Waals surface area (Å²) in [6.07, 6.45) is 3.64. The van der Waals surface area contributed by atoms with Crippen LogP contribution >= 0.6 is 11.6 Å². The summed E-state index contributed by atoms with van der Waals surface area (Å²) < 4.78 is 1.79. The topological polar surface area (TPSA) is 41.9 Å². The van der Waals surface area contributed by atoms with Crippen LogP contribution < -0.4 is 10.6 Å². The normalized spacial score (nSPS) is 15.6. The maximum atomic E-state index is 6.25. The van der Waals surface area contributed by atoms with E-state index in [9.17, 15) is 0 Å². The van der Waals surface area contributed by atoms with E-state index in [-0.39, 0.29) is 0 Å². The van der Waals surface area contributed by atoms with Gasteiger partial charge in [-0.25, -0.2) is 4.68 Å². The number of halogens is 1. The molecule has 2 aromatic rings. The molecule has 0 unspecified atom stereocenters. The van der Waals surface area contributed by atoms with Gasteiger partial charge in [0.25, 0.3) is 0 Å². The quantitative estimate of drug-likeness (QED) is 0.872. The smallest absolute Gasteiger partial charge is 0.106 e. The van der Waals surface area contributed by atoms with Gasteiger partial charge in [0.1, 0.15) is 5.69 Å². The molecule has 5 heteroatoms. The molecule has 0 bridgehead atoms. The first-order valence-electron chi connectivity index (χ1n) is 5.60. The van der Waals surface area contributed by atoms with Crippen LogP contribution in [0.5, 0.6) is 0 Å². The molecule has 1 aromatic heterocycles. The first kappa shape index (κ1) is 10.6. The molecule has 88 valence electrons. The van der Waals surface area contributed by atoms with E-state index in [0.717, 1.165) is 24.5 Å². The summed E-state index contributed by atoms with van der Waals surface area (Å²) in [6, 6.07) is 8.22. The average molecular weight is 249 g/mol. The minimum Gasteiger partial charge on any atom is -0.378 e. The van der Waals surface area contributed by atoms with E-state index >= 15 is 0 Å². The van der Waals surface area contributed by atoms with Crippen molar-refractivity contribution in [3.05, 3.63) is 41.7 Å². The maximum Gasteiger partial charge on any atom is 0.106 e. The monoisotopic (exact) mass is 248 g/mol. The van der Waals surface area contributed by atoms with Crippen molar-refractivity contribution in [2.24, 2.45) is 0 Å². The summed E-state index contributed by atoms with van der Waals surface area (Å²) in [5.74, 6) is 0. The number of hydrogen-bond acceptors (Lipinski definition) is 3. The van der Waals surface area contributed by atoms with Gasteiger partial charge in [-0.15, -0.1) is 0 Å². The van der Waals surface area contributed by atoms with Gasteiger partial charge >= 0.3 is 0 Å². The Labute approximate surface area is 105 Å². The molecule has 1 aliphatic rings. The molecule has 0 saturated carbocycles. The van der Waals surface area contributed by atoms with Crippen LogP contribution in [-0.4, -0.2) is 28.9 Å². The van der Waals surface area contributed by atoms with Crippen LogP contribution in [0.2, 0.25) is 5.02 Å². The highest BCUT2D eigenvalue weighted by Gasteiger charge is 2.18. The van der Waals surface area contributed by atoms with Crippen LogP contribution in [0.4, 0.5) is 5.69 Å². The molecular formula is C12H13ClN4. The fraction of sp³-hybridized carbons (Fsp3) is 0.250. The molecule has 2 N–H and O–H groups in total. The van der Waals surface area contributed by atoms with Crippen molar-refractivity contribution in [3.63, 3.8) is 0 Å². The summed E-state index contributed by atoms with van der Waals surface area (Å²) >= 11 is 6.25. The maximum absolute atomic E-state index is 6.25. The lowest BCUT2D eigenvalue weighted by molar-refractivity contribution is 0.472. The van der Waals surface area contributed by atoms with E-state index in [4.69, 9.17) is 11.6 Å². The standard InChI is InChI=1S/C12H13ClN4/c13-10-3-1-4-11(16-9-7-14-8-9)12(10)17-6-2-5-15-17/h1-6,9,14,16H,7-8H2. The number of para-hydroxylation sites is 1. The van der Waals surface area contributed by atoms with Gasteiger partial charge < -0.3 is 10.6 Å². The van der Waals surface area contributed by atoms with E-state index < -0.39 is 0 Å². The van der Waals surface area contributed by atoms with Gasteiger partial charge in [-0.05, 0) is 18.2 Å². The Balaban J connectivity index is 1.99. The summed E-state index contributed by atoms with van der Waals surface area (Å²) in [5.41, 5.74) is 1.93. The zero-order chi connectivity index (χ0) is 11.7. The number of benzene rings is 1. The van der Waals surface area contributed by atoms with Crippen molar-refractivity contribution in [1.82, 2.24) is 15.1 Å². The zero-order valence-corrected chi connectivity index (χ0v) is 9.98. The fourth-order valence-corrected chi connectivity index (χ4v) is 2.14. The van der Waals surface area contributed by atoms with Crippen molar-refractivity contribution in [2.75, 3.05) is 18.4 Å². The Hall–Kier alpha value is -1.52. The Morgan fingerprint density at radius 1 is 1.35 bits per heavy atom.